The quantitative estimate of drug-likeness (QED) is 0.258. The van der Waals surface area contributed by atoms with Gasteiger partial charge in [0.05, 0.1) is 5.28 Å². The van der Waals surface area contributed by atoms with Gasteiger partial charge in [-0.05, 0) is 0 Å². The molecule has 6 nitrogen and oxygen atoms in total. The van der Waals surface area contributed by atoms with Crippen molar-refractivity contribution in [3.63, 3.8) is 0 Å². The third kappa shape index (κ3) is 5.76. The Balaban J connectivity index is 2.95. The third-order valence-corrected chi connectivity index (χ3v) is 0.234. The lowest BCUT2D eigenvalue weighted by atomic mass is 11.5. The maximum Gasteiger partial charge on any atom is 0.0622 e. The van der Waals surface area contributed by atoms with E-state index in [1.54, 1.807) is 0 Å². The molecule has 0 aliphatic heterocycles. The lowest BCUT2D eigenvalue weighted by Gasteiger charge is -2.09. The SMILES string of the molecule is CN(N)ON(N)[NH3+]. The molecule has 0 unspecified atom stereocenters. The van der Waals surface area contributed by atoms with E-state index in [1.807, 2.05) is 0 Å². The fraction of sp³-hybridized carbons (Fsp3) is 1.00. The maximum atomic E-state index is 4.94. The number of hydrogen-bond acceptors (Lipinski definition) is 5. The van der Waals surface area contributed by atoms with Crippen LogP contribution in [0.3, 0.4) is 0 Å². The van der Waals surface area contributed by atoms with E-state index in [9.17, 15) is 0 Å². The molecule has 0 amide bonds. The summed E-state index contributed by atoms with van der Waals surface area (Å²) < 4.78 is 0. The largest absolute Gasteiger partial charge is 0.244 e. The molecule has 0 atom stereocenters. The van der Waals surface area contributed by atoms with Crippen molar-refractivity contribution in [2.75, 3.05) is 7.05 Å². The minimum atomic E-state index is 0.750. The second kappa shape index (κ2) is 2.86. The van der Waals surface area contributed by atoms with Gasteiger partial charge in [-0.2, -0.15) is 5.84 Å². The van der Waals surface area contributed by atoms with E-state index >= 15 is 0 Å². The molecule has 0 aromatic heterocycles. The van der Waals surface area contributed by atoms with Gasteiger partial charge in [0.1, 0.15) is 0 Å². The summed E-state index contributed by atoms with van der Waals surface area (Å²) in [6.07, 6.45) is 0. The minimum absolute atomic E-state index is 0.750. The molecule has 0 spiro atoms. The molecule has 0 fully saturated rings. The normalized spacial score (nSPS) is 11.1. The topological polar surface area (TPSA) is 95.4 Å². The first-order valence-electron chi connectivity index (χ1n) is 1.64. The van der Waals surface area contributed by atoms with Gasteiger partial charge in [-0.25, -0.2) is 11.7 Å². The van der Waals surface area contributed by atoms with Crippen LogP contribution in [0.2, 0.25) is 0 Å². The highest BCUT2D eigenvalue weighted by Crippen LogP contribution is 1.65. The Labute approximate surface area is 41.2 Å². The highest BCUT2D eigenvalue weighted by atomic mass is 16.9. The fourth-order valence-electron chi connectivity index (χ4n) is 0.165. The molecule has 44 valence electrons. The molecule has 0 bridgehead atoms. The summed E-state index contributed by atoms with van der Waals surface area (Å²) in [5.41, 5.74) is 0. The molecular weight excluding hydrogens is 98.0 g/mol. The van der Waals surface area contributed by atoms with Crippen LogP contribution in [0, 0.1) is 0 Å². The summed E-state index contributed by atoms with van der Waals surface area (Å²) in [6.45, 7) is 0. The van der Waals surface area contributed by atoms with Crippen molar-refractivity contribution in [3.8, 4) is 0 Å². The van der Waals surface area contributed by atoms with E-state index in [-0.39, 0.29) is 0 Å². The third-order valence-electron chi connectivity index (χ3n) is 0.234. The summed E-state index contributed by atoms with van der Waals surface area (Å²) in [7, 11) is 1.49. The molecule has 0 heterocycles. The molecule has 0 aromatic rings. The molecule has 7 N–H and O–H groups in total. The standard InChI is InChI=1S/CH9N5O/c1-5(2)7-6(3)4/h2-4H2,1H3/p+1. The van der Waals surface area contributed by atoms with Crippen LogP contribution in [0.1, 0.15) is 0 Å². The summed E-state index contributed by atoms with van der Waals surface area (Å²) in [6, 6.07) is 0. The Hall–Kier alpha value is -0.240. The van der Waals surface area contributed by atoms with E-state index in [4.69, 9.17) is 11.7 Å². The lowest BCUT2D eigenvalue weighted by Crippen LogP contribution is -2.72. The summed E-state index contributed by atoms with van der Waals surface area (Å²) in [4.78, 5) is 4.36. The lowest BCUT2D eigenvalue weighted by molar-refractivity contribution is -0.704. The van der Waals surface area contributed by atoms with Crippen LogP contribution in [0.15, 0.2) is 0 Å². The molecule has 0 radical (unpaired) electrons. The van der Waals surface area contributed by atoms with Crippen LogP contribution in [0.25, 0.3) is 0 Å². The van der Waals surface area contributed by atoms with Crippen molar-refractivity contribution < 1.29 is 10.8 Å². The number of rotatable bonds is 2. The molecule has 6 heteroatoms. The molecule has 7 heavy (non-hydrogen) atoms. The van der Waals surface area contributed by atoms with E-state index in [0.29, 0.717) is 0 Å². The minimum Gasteiger partial charge on any atom is -0.244 e. The van der Waals surface area contributed by atoms with E-state index in [2.05, 4.69) is 10.8 Å². The molecule has 0 rings (SSSR count). The zero-order chi connectivity index (χ0) is 5.86. The zero-order valence-corrected chi connectivity index (χ0v) is 4.16. The van der Waals surface area contributed by atoms with Crippen LogP contribution >= 0.6 is 0 Å². The maximum absolute atomic E-state index is 4.94. The number of nitrogens with zero attached hydrogens (tertiary/aromatic N) is 2. The van der Waals surface area contributed by atoms with Gasteiger partial charge in [0.2, 0.25) is 0 Å². The summed E-state index contributed by atoms with van der Waals surface area (Å²) in [5, 5.41) is 1.69. The second-order valence-electron chi connectivity index (χ2n) is 1.04. The highest BCUT2D eigenvalue weighted by Gasteiger charge is 1.92. The summed E-state index contributed by atoms with van der Waals surface area (Å²) in [5.74, 6) is 13.0. The van der Waals surface area contributed by atoms with Gasteiger partial charge in [-0.1, -0.05) is 0 Å². The Morgan fingerprint density at radius 3 is 2.00 bits per heavy atom. The number of quaternary nitrogens is 1. The van der Waals surface area contributed by atoms with Gasteiger partial charge in [0.25, 0.3) is 0 Å². The van der Waals surface area contributed by atoms with Crippen LogP contribution in [-0.2, 0) is 4.94 Å². The average molecular weight is 108 g/mol. The van der Waals surface area contributed by atoms with Gasteiger partial charge in [0, 0.05) is 7.05 Å². The Bertz CT molecular complexity index is 37.3. The van der Waals surface area contributed by atoms with Gasteiger partial charge < -0.3 is 0 Å². The number of nitrogens with two attached hydrogens (primary N) is 2. The molecule has 0 aromatic carbocycles. The van der Waals surface area contributed by atoms with Gasteiger partial charge in [-0.3, -0.25) is 0 Å². The van der Waals surface area contributed by atoms with E-state index < -0.39 is 0 Å². The molecule has 0 aliphatic rings. The van der Waals surface area contributed by atoms with Crippen molar-refractivity contribution in [1.29, 1.82) is 0 Å². The second-order valence-corrected chi connectivity index (χ2v) is 1.04. The monoisotopic (exact) mass is 108 g/mol. The van der Waals surface area contributed by atoms with Crippen molar-refractivity contribution in [1.82, 2.24) is 10.5 Å². The van der Waals surface area contributed by atoms with Crippen molar-refractivity contribution >= 4 is 0 Å². The average Bonchev–Trinajstić information content (AvgIpc) is 1.27. The van der Waals surface area contributed by atoms with Crippen LogP contribution < -0.4 is 17.5 Å². The highest BCUT2D eigenvalue weighted by molar-refractivity contribution is 3.88. The van der Waals surface area contributed by atoms with Crippen LogP contribution in [0.4, 0.5) is 0 Å². The van der Waals surface area contributed by atoms with Crippen molar-refractivity contribution in [3.05, 3.63) is 0 Å². The molecule has 0 saturated carbocycles. The van der Waals surface area contributed by atoms with Crippen molar-refractivity contribution in [2.24, 2.45) is 11.7 Å². The van der Waals surface area contributed by atoms with E-state index in [1.165, 1.54) is 7.05 Å². The van der Waals surface area contributed by atoms with E-state index in [0.717, 1.165) is 10.5 Å². The summed E-state index contributed by atoms with van der Waals surface area (Å²) >= 11 is 0. The Morgan fingerprint density at radius 2 is 2.00 bits per heavy atom. The van der Waals surface area contributed by atoms with Gasteiger partial charge in [-0.15, -0.1) is 10.1 Å². The zero-order valence-electron chi connectivity index (χ0n) is 4.16. The predicted molar refractivity (Wildman–Crippen MR) is 21.9 cm³/mol. The molecular formula is CH10N5O+. The Morgan fingerprint density at radius 1 is 1.57 bits per heavy atom. The van der Waals surface area contributed by atoms with Crippen LogP contribution in [0.5, 0.6) is 0 Å². The first-order chi connectivity index (χ1) is 3.13. The number of hydrazine groups is 2. The molecule has 0 aliphatic carbocycles. The van der Waals surface area contributed by atoms with Crippen molar-refractivity contribution in [2.45, 2.75) is 0 Å². The number of hydrogen-bond donors (Lipinski definition) is 3. The van der Waals surface area contributed by atoms with Gasteiger partial charge in [0.15, 0.2) is 0 Å². The molecule has 0 saturated heterocycles. The number of hydroxylamine groups is 1. The van der Waals surface area contributed by atoms with Gasteiger partial charge >= 0.3 is 0 Å². The smallest absolute Gasteiger partial charge is 0.0622 e. The van der Waals surface area contributed by atoms with Crippen LogP contribution in [-0.4, -0.2) is 17.5 Å². The first-order valence-corrected chi connectivity index (χ1v) is 1.64. The predicted octanol–water partition coefficient (Wildman–Crippen LogP) is -3.03. The fourth-order valence-corrected chi connectivity index (χ4v) is 0.165. The first kappa shape index (κ1) is 6.76. The Kier molecular flexibility index (Phi) is 2.76.